The van der Waals surface area contributed by atoms with Crippen molar-refractivity contribution in [2.24, 2.45) is 11.8 Å². The van der Waals surface area contributed by atoms with Crippen molar-refractivity contribution < 1.29 is 4.92 Å². The van der Waals surface area contributed by atoms with Crippen LogP contribution in [0.15, 0.2) is 12.1 Å². The lowest BCUT2D eigenvalue weighted by molar-refractivity contribution is -0.384. The van der Waals surface area contributed by atoms with Crippen molar-refractivity contribution in [2.45, 2.75) is 19.9 Å². The van der Waals surface area contributed by atoms with E-state index in [4.69, 9.17) is 0 Å². The van der Waals surface area contributed by atoms with Crippen molar-refractivity contribution in [1.82, 2.24) is 10.3 Å². The summed E-state index contributed by atoms with van der Waals surface area (Å²) in [5.41, 5.74) is 0.938. The van der Waals surface area contributed by atoms with E-state index >= 15 is 0 Å². The molecule has 19 heavy (non-hydrogen) atoms. The Bertz CT molecular complexity index is 519. The van der Waals surface area contributed by atoms with E-state index in [-0.39, 0.29) is 10.6 Å². The summed E-state index contributed by atoms with van der Waals surface area (Å²) < 4.78 is 0. The largest absolute Gasteiger partial charge is 0.348 e. The van der Waals surface area contributed by atoms with Crippen molar-refractivity contribution in [3.8, 4) is 0 Å². The number of anilines is 1. The quantitative estimate of drug-likeness (QED) is 0.643. The molecule has 3 rings (SSSR count). The number of aromatic nitrogens is 1. The Morgan fingerprint density at radius 2 is 2.26 bits per heavy atom. The molecule has 0 radical (unpaired) electrons. The van der Waals surface area contributed by atoms with E-state index in [0.717, 1.165) is 25.3 Å². The molecule has 0 aromatic carbocycles. The van der Waals surface area contributed by atoms with Crippen LogP contribution in [0.25, 0.3) is 0 Å². The molecule has 2 aliphatic rings. The Balaban J connectivity index is 1.98. The van der Waals surface area contributed by atoms with Gasteiger partial charge in [-0.05, 0) is 31.7 Å². The third kappa shape index (κ3) is 1.96. The van der Waals surface area contributed by atoms with Gasteiger partial charge in [-0.3, -0.25) is 10.1 Å². The van der Waals surface area contributed by atoms with Crippen LogP contribution in [0.2, 0.25) is 0 Å². The smallest absolute Gasteiger partial charge is 0.311 e. The van der Waals surface area contributed by atoms with Gasteiger partial charge in [0.15, 0.2) is 0 Å². The Hall–Kier alpha value is -1.69. The lowest BCUT2D eigenvalue weighted by Crippen LogP contribution is -2.34. The fourth-order valence-corrected chi connectivity index (χ4v) is 3.34. The first-order valence-corrected chi connectivity index (χ1v) is 6.67. The first-order chi connectivity index (χ1) is 9.08. The molecular formula is C13H18N4O2. The van der Waals surface area contributed by atoms with E-state index in [2.05, 4.69) is 22.1 Å². The van der Waals surface area contributed by atoms with Crippen LogP contribution in [0.3, 0.4) is 0 Å². The van der Waals surface area contributed by atoms with Crippen LogP contribution in [0, 0.1) is 28.9 Å². The maximum absolute atomic E-state index is 11.2. The van der Waals surface area contributed by atoms with E-state index in [1.807, 2.05) is 6.92 Å². The van der Waals surface area contributed by atoms with Crippen LogP contribution < -0.4 is 10.2 Å². The Morgan fingerprint density at radius 3 is 2.95 bits per heavy atom. The normalized spacial score (nSPS) is 29.6. The summed E-state index contributed by atoms with van der Waals surface area (Å²) in [4.78, 5) is 17.4. The summed E-state index contributed by atoms with van der Waals surface area (Å²) in [6, 6.07) is 3.56. The summed E-state index contributed by atoms with van der Waals surface area (Å²) in [7, 11) is 0. The second-order valence-corrected chi connectivity index (χ2v) is 5.53. The molecule has 1 N–H and O–H groups in total. The average molecular weight is 262 g/mol. The van der Waals surface area contributed by atoms with Crippen LogP contribution in [-0.4, -0.2) is 35.6 Å². The van der Waals surface area contributed by atoms with Crippen LogP contribution in [0.5, 0.6) is 0 Å². The molecule has 0 amide bonds. The molecule has 1 aromatic rings. The number of fused-ring (bicyclic) bond motifs is 1. The van der Waals surface area contributed by atoms with Crippen LogP contribution in [0.4, 0.5) is 11.5 Å². The first kappa shape index (κ1) is 12.3. The molecule has 3 atom stereocenters. The number of pyridine rings is 1. The Labute approximate surface area is 112 Å². The number of nitrogens with one attached hydrogen (secondary N) is 1. The maximum Gasteiger partial charge on any atom is 0.311 e. The molecule has 0 aliphatic carbocycles. The minimum absolute atomic E-state index is 0.116. The van der Waals surface area contributed by atoms with Gasteiger partial charge >= 0.3 is 5.69 Å². The summed E-state index contributed by atoms with van der Waals surface area (Å²) in [5, 5.41) is 14.6. The summed E-state index contributed by atoms with van der Waals surface area (Å²) in [6.07, 6.45) is 0. The zero-order chi connectivity index (χ0) is 13.6. The number of hydrogen-bond donors (Lipinski definition) is 1. The second-order valence-electron chi connectivity index (χ2n) is 5.53. The highest BCUT2D eigenvalue weighted by molar-refractivity contribution is 5.59. The Kier molecular flexibility index (Phi) is 2.89. The number of rotatable bonds is 2. The molecule has 0 spiro atoms. The predicted octanol–water partition coefficient (Wildman–Crippen LogP) is 1.34. The number of nitro groups is 1. The lowest BCUT2D eigenvalue weighted by Gasteiger charge is -2.25. The molecule has 2 saturated heterocycles. The number of aryl methyl sites for hydroxylation is 1. The summed E-state index contributed by atoms with van der Waals surface area (Å²) in [5.74, 6) is 1.69. The summed E-state index contributed by atoms with van der Waals surface area (Å²) >= 11 is 0. The molecule has 3 unspecified atom stereocenters. The van der Waals surface area contributed by atoms with Gasteiger partial charge in [-0.15, -0.1) is 0 Å². The van der Waals surface area contributed by atoms with Gasteiger partial charge in [0.1, 0.15) is 0 Å². The third-order valence-electron chi connectivity index (χ3n) is 4.40. The topological polar surface area (TPSA) is 71.3 Å². The highest BCUT2D eigenvalue weighted by Gasteiger charge is 2.43. The molecule has 102 valence electrons. The minimum Gasteiger partial charge on any atom is -0.348 e. The van der Waals surface area contributed by atoms with Gasteiger partial charge in [0.2, 0.25) is 5.82 Å². The van der Waals surface area contributed by atoms with Gasteiger partial charge in [-0.2, -0.15) is 0 Å². The van der Waals surface area contributed by atoms with Crippen molar-refractivity contribution in [1.29, 1.82) is 0 Å². The molecule has 6 heteroatoms. The highest BCUT2D eigenvalue weighted by Crippen LogP contribution is 2.38. The molecule has 0 saturated carbocycles. The molecule has 0 bridgehead atoms. The van der Waals surface area contributed by atoms with Crippen molar-refractivity contribution >= 4 is 11.5 Å². The van der Waals surface area contributed by atoms with Gasteiger partial charge in [-0.1, -0.05) is 0 Å². The highest BCUT2D eigenvalue weighted by atomic mass is 16.6. The SMILES string of the molecule is Cc1ccc([N+](=O)[O-])c(N2CC3CNCC3C2C)n1. The molecule has 6 nitrogen and oxygen atoms in total. The van der Waals surface area contributed by atoms with E-state index < -0.39 is 0 Å². The molecule has 2 aliphatic heterocycles. The Morgan fingerprint density at radius 1 is 1.47 bits per heavy atom. The molecular weight excluding hydrogens is 244 g/mol. The first-order valence-electron chi connectivity index (χ1n) is 6.67. The zero-order valence-corrected chi connectivity index (χ0v) is 11.2. The van der Waals surface area contributed by atoms with E-state index in [1.165, 1.54) is 0 Å². The second kappa shape index (κ2) is 4.45. The van der Waals surface area contributed by atoms with Gasteiger partial charge in [0.05, 0.1) is 4.92 Å². The summed E-state index contributed by atoms with van der Waals surface area (Å²) in [6.45, 7) is 6.88. The minimum atomic E-state index is -0.332. The lowest BCUT2D eigenvalue weighted by atomic mass is 9.95. The monoisotopic (exact) mass is 262 g/mol. The fourth-order valence-electron chi connectivity index (χ4n) is 3.34. The van der Waals surface area contributed by atoms with Crippen molar-refractivity contribution in [3.05, 3.63) is 27.9 Å². The number of hydrogen-bond acceptors (Lipinski definition) is 5. The van der Waals surface area contributed by atoms with Crippen molar-refractivity contribution in [3.63, 3.8) is 0 Å². The van der Waals surface area contributed by atoms with Gasteiger partial charge < -0.3 is 10.2 Å². The van der Waals surface area contributed by atoms with Crippen molar-refractivity contribution in [2.75, 3.05) is 24.5 Å². The molecule has 3 heterocycles. The van der Waals surface area contributed by atoms with E-state index in [9.17, 15) is 10.1 Å². The number of nitrogens with zero attached hydrogens (tertiary/aromatic N) is 3. The zero-order valence-electron chi connectivity index (χ0n) is 11.2. The van der Waals surface area contributed by atoms with Crippen LogP contribution >= 0.6 is 0 Å². The fraction of sp³-hybridized carbons (Fsp3) is 0.615. The van der Waals surface area contributed by atoms with Crippen LogP contribution in [0.1, 0.15) is 12.6 Å². The predicted molar refractivity (Wildman–Crippen MR) is 72.3 cm³/mol. The van der Waals surface area contributed by atoms with E-state index in [0.29, 0.717) is 23.7 Å². The van der Waals surface area contributed by atoms with Crippen LogP contribution in [-0.2, 0) is 0 Å². The third-order valence-corrected chi connectivity index (χ3v) is 4.40. The average Bonchev–Trinajstić information content (AvgIpc) is 2.92. The molecule has 2 fully saturated rings. The molecule has 1 aromatic heterocycles. The maximum atomic E-state index is 11.2. The van der Waals surface area contributed by atoms with Gasteiger partial charge in [0, 0.05) is 37.4 Å². The van der Waals surface area contributed by atoms with Gasteiger partial charge in [0.25, 0.3) is 0 Å². The van der Waals surface area contributed by atoms with E-state index in [1.54, 1.807) is 12.1 Å². The van der Waals surface area contributed by atoms with Gasteiger partial charge in [-0.25, -0.2) is 4.98 Å². The standard InChI is InChI=1S/C13H18N4O2/c1-8-3-4-12(17(18)19)13(15-8)16-7-10-5-14-6-11(10)9(16)2/h3-4,9-11,14H,5-7H2,1-2H3.